The van der Waals surface area contributed by atoms with Crippen molar-refractivity contribution in [3.63, 3.8) is 0 Å². The SMILES string of the molecule is CCCCNC(=O)N(C)CC1CCCCN1. The molecule has 0 saturated carbocycles. The summed E-state index contributed by atoms with van der Waals surface area (Å²) in [5.74, 6) is 0. The molecule has 94 valence electrons. The van der Waals surface area contributed by atoms with E-state index in [-0.39, 0.29) is 6.03 Å². The van der Waals surface area contributed by atoms with Crippen LogP contribution in [0.1, 0.15) is 39.0 Å². The Morgan fingerprint density at radius 1 is 1.50 bits per heavy atom. The molecule has 1 rings (SSSR count). The van der Waals surface area contributed by atoms with E-state index in [0.29, 0.717) is 6.04 Å². The summed E-state index contributed by atoms with van der Waals surface area (Å²) in [6.07, 6.45) is 5.91. The van der Waals surface area contributed by atoms with Crippen molar-refractivity contribution in [2.75, 3.05) is 26.7 Å². The maximum absolute atomic E-state index is 11.7. The molecule has 1 aliphatic rings. The molecule has 2 N–H and O–H groups in total. The van der Waals surface area contributed by atoms with Gasteiger partial charge in [-0.15, -0.1) is 0 Å². The first kappa shape index (κ1) is 13.3. The fraction of sp³-hybridized carbons (Fsp3) is 0.917. The number of hydrogen-bond donors (Lipinski definition) is 2. The highest BCUT2D eigenvalue weighted by molar-refractivity contribution is 5.73. The molecule has 0 bridgehead atoms. The molecule has 1 saturated heterocycles. The summed E-state index contributed by atoms with van der Waals surface area (Å²) in [5, 5.41) is 6.38. The van der Waals surface area contributed by atoms with Crippen LogP contribution in [0.2, 0.25) is 0 Å². The molecule has 1 heterocycles. The molecule has 0 radical (unpaired) electrons. The number of carbonyl (C=O) groups excluding carboxylic acids is 1. The van der Waals surface area contributed by atoms with Crippen LogP contribution in [0, 0.1) is 0 Å². The molecule has 1 fully saturated rings. The van der Waals surface area contributed by atoms with Crippen molar-refractivity contribution in [2.45, 2.75) is 45.1 Å². The van der Waals surface area contributed by atoms with Gasteiger partial charge in [-0.1, -0.05) is 19.8 Å². The molecule has 0 aromatic rings. The number of urea groups is 1. The quantitative estimate of drug-likeness (QED) is 0.700. The van der Waals surface area contributed by atoms with Crippen molar-refractivity contribution in [2.24, 2.45) is 0 Å². The van der Waals surface area contributed by atoms with E-state index in [1.54, 1.807) is 4.90 Å². The van der Waals surface area contributed by atoms with E-state index in [1.165, 1.54) is 19.3 Å². The highest BCUT2D eigenvalue weighted by Crippen LogP contribution is 2.07. The minimum Gasteiger partial charge on any atom is -0.338 e. The van der Waals surface area contributed by atoms with Gasteiger partial charge in [-0.05, 0) is 25.8 Å². The third-order valence-electron chi connectivity index (χ3n) is 3.06. The third kappa shape index (κ3) is 4.84. The van der Waals surface area contributed by atoms with Crippen LogP contribution in [-0.4, -0.2) is 43.7 Å². The van der Waals surface area contributed by atoms with Crippen LogP contribution in [0.15, 0.2) is 0 Å². The van der Waals surface area contributed by atoms with Crippen molar-refractivity contribution in [3.8, 4) is 0 Å². The Balaban J connectivity index is 2.16. The van der Waals surface area contributed by atoms with Gasteiger partial charge in [-0.25, -0.2) is 4.79 Å². The summed E-state index contributed by atoms with van der Waals surface area (Å²) in [4.78, 5) is 13.5. The lowest BCUT2D eigenvalue weighted by Gasteiger charge is -2.28. The number of likely N-dealkylation sites (N-methyl/N-ethyl adjacent to an activating group) is 1. The summed E-state index contributed by atoms with van der Waals surface area (Å²) in [6, 6.07) is 0.538. The lowest BCUT2D eigenvalue weighted by atomic mass is 10.0. The van der Waals surface area contributed by atoms with Crippen molar-refractivity contribution in [1.82, 2.24) is 15.5 Å². The predicted octanol–water partition coefficient (Wildman–Crippen LogP) is 1.57. The normalized spacial score (nSPS) is 20.5. The molecule has 0 spiro atoms. The number of unbranched alkanes of at least 4 members (excludes halogenated alkanes) is 1. The van der Waals surface area contributed by atoms with Crippen LogP contribution >= 0.6 is 0 Å². The van der Waals surface area contributed by atoms with E-state index in [0.717, 1.165) is 32.5 Å². The molecular formula is C12H25N3O. The first-order valence-electron chi connectivity index (χ1n) is 6.46. The van der Waals surface area contributed by atoms with Gasteiger partial charge in [0.2, 0.25) is 0 Å². The first-order chi connectivity index (χ1) is 7.74. The summed E-state index contributed by atoms with van der Waals surface area (Å²) >= 11 is 0. The average molecular weight is 227 g/mol. The van der Waals surface area contributed by atoms with Gasteiger partial charge in [0.25, 0.3) is 0 Å². The van der Waals surface area contributed by atoms with Gasteiger partial charge in [-0.3, -0.25) is 0 Å². The van der Waals surface area contributed by atoms with Crippen molar-refractivity contribution in [3.05, 3.63) is 0 Å². The van der Waals surface area contributed by atoms with Gasteiger partial charge in [-0.2, -0.15) is 0 Å². The maximum atomic E-state index is 11.7. The Bertz CT molecular complexity index is 202. The number of nitrogens with zero attached hydrogens (tertiary/aromatic N) is 1. The number of piperidine rings is 1. The van der Waals surface area contributed by atoms with E-state index in [2.05, 4.69) is 17.6 Å². The molecule has 0 aliphatic carbocycles. The van der Waals surface area contributed by atoms with Crippen LogP contribution in [-0.2, 0) is 0 Å². The minimum atomic E-state index is 0.0563. The number of carbonyl (C=O) groups is 1. The highest BCUT2D eigenvalue weighted by atomic mass is 16.2. The predicted molar refractivity (Wildman–Crippen MR) is 66.6 cm³/mol. The van der Waals surface area contributed by atoms with E-state index in [4.69, 9.17) is 0 Å². The fourth-order valence-corrected chi connectivity index (χ4v) is 2.00. The van der Waals surface area contributed by atoms with Gasteiger partial charge in [0.1, 0.15) is 0 Å². The molecule has 2 amide bonds. The van der Waals surface area contributed by atoms with Crippen molar-refractivity contribution >= 4 is 6.03 Å². The van der Waals surface area contributed by atoms with Crippen LogP contribution in [0.25, 0.3) is 0 Å². The lowest BCUT2D eigenvalue weighted by molar-refractivity contribution is 0.199. The van der Waals surface area contributed by atoms with Gasteiger partial charge in [0.05, 0.1) is 0 Å². The minimum absolute atomic E-state index is 0.0563. The Labute approximate surface area is 98.8 Å². The molecule has 4 heteroatoms. The molecule has 0 aromatic carbocycles. The zero-order chi connectivity index (χ0) is 11.8. The van der Waals surface area contributed by atoms with Crippen LogP contribution in [0.4, 0.5) is 4.79 Å². The Kier molecular flexibility index (Phi) is 6.23. The number of nitrogens with one attached hydrogen (secondary N) is 2. The number of rotatable bonds is 5. The number of hydrogen-bond acceptors (Lipinski definition) is 2. The monoisotopic (exact) mass is 227 g/mol. The zero-order valence-electron chi connectivity index (χ0n) is 10.6. The Morgan fingerprint density at radius 2 is 2.31 bits per heavy atom. The molecule has 1 atom stereocenters. The van der Waals surface area contributed by atoms with Crippen LogP contribution in [0.5, 0.6) is 0 Å². The summed E-state index contributed by atoms with van der Waals surface area (Å²) in [6.45, 7) is 4.83. The topological polar surface area (TPSA) is 44.4 Å². The zero-order valence-corrected chi connectivity index (χ0v) is 10.6. The van der Waals surface area contributed by atoms with Gasteiger partial charge in [0, 0.05) is 26.2 Å². The fourth-order valence-electron chi connectivity index (χ4n) is 2.00. The summed E-state index contributed by atoms with van der Waals surface area (Å²) < 4.78 is 0. The molecule has 1 aliphatic heterocycles. The van der Waals surface area contributed by atoms with Gasteiger partial charge >= 0.3 is 6.03 Å². The van der Waals surface area contributed by atoms with Crippen molar-refractivity contribution in [1.29, 1.82) is 0 Å². The third-order valence-corrected chi connectivity index (χ3v) is 3.06. The van der Waals surface area contributed by atoms with Crippen molar-refractivity contribution < 1.29 is 4.79 Å². The smallest absolute Gasteiger partial charge is 0.317 e. The Morgan fingerprint density at radius 3 is 2.94 bits per heavy atom. The van der Waals surface area contributed by atoms with E-state index >= 15 is 0 Å². The molecular weight excluding hydrogens is 202 g/mol. The first-order valence-corrected chi connectivity index (χ1v) is 6.46. The number of amides is 2. The largest absolute Gasteiger partial charge is 0.338 e. The van der Waals surface area contributed by atoms with Crippen LogP contribution < -0.4 is 10.6 Å². The highest BCUT2D eigenvalue weighted by Gasteiger charge is 2.16. The van der Waals surface area contributed by atoms with E-state index in [1.807, 2.05) is 7.05 Å². The second kappa shape index (κ2) is 7.49. The lowest BCUT2D eigenvalue weighted by Crippen LogP contribution is -2.47. The summed E-state index contributed by atoms with van der Waals surface area (Å²) in [7, 11) is 1.87. The molecule has 4 nitrogen and oxygen atoms in total. The van der Waals surface area contributed by atoms with Gasteiger partial charge in [0.15, 0.2) is 0 Å². The Hall–Kier alpha value is -0.770. The molecule has 0 aromatic heterocycles. The second-order valence-electron chi connectivity index (χ2n) is 4.61. The van der Waals surface area contributed by atoms with E-state index < -0.39 is 0 Å². The molecule has 1 unspecified atom stereocenters. The van der Waals surface area contributed by atoms with Gasteiger partial charge < -0.3 is 15.5 Å². The standard InChI is InChI=1S/C12H25N3O/c1-3-4-8-14-12(16)15(2)10-11-7-5-6-9-13-11/h11,13H,3-10H2,1-2H3,(H,14,16). The molecule has 16 heavy (non-hydrogen) atoms. The van der Waals surface area contributed by atoms with Crippen LogP contribution in [0.3, 0.4) is 0 Å². The second-order valence-corrected chi connectivity index (χ2v) is 4.61. The van der Waals surface area contributed by atoms with E-state index in [9.17, 15) is 4.79 Å². The summed E-state index contributed by atoms with van der Waals surface area (Å²) in [5.41, 5.74) is 0. The maximum Gasteiger partial charge on any atom is 0.317 e. The average Bonchev–Trinajstić information content (AvgIpc) is 2.30.